The Morgan fingerprint density at radius 1 is 1.04 bits per heavy atom. The van der Waals surface area contributed by atoms with Gasteiger partial charge in [-0.15, -0.1) is 12.4 Å². The molecule has 144 valence electrons. The summed E-state index contributed by atoms with van der Waals surface area (Å²) in [5.41, 5.74) is 7.07. The van der Waals surface area contributed by atoms with Crippen LogP contribution in [0.1, 0.15) is 25.3 Å². The zero-order chi connectivity index (χ0) is 18.6. The van der Waals surface area contributed by atoms with Crippen molar-refractivity contribution in [3.63, 3.8) is 0 Å². The van der Waals surface area contributed by atoms with Crippen molar-refractivity contribution < 1.29 is 14.3 Å². The highest BCUT2D eigenvalue weighted by molar-refractivity contribution is 5.99. The second-order valence-corrected chi connectivity index (χ2v) is 6.59. The molecular weight excluding hydrogens is 366 g/mol. The number of carbonyl (C=O) groups excluding carboxylic acids is 2. The van der Waals surface area contributed by atoms with E-state index in [1.54, 1.807) is 31.2 Å². The van der Waals surface area contributed by atoms with E-state index in [-0.39, 0.29) is 30.3 Å². The van der Waals surface area contributed by atoms with E-state index in [2.05, 4.69) is 10.6 Å². The third kappa shape index (κ3) is 5.07. The van der Waals surface area contributed by atoms with Gasteiger partial charge in [0, 0.05) is 18.0 Å². The number of carbonyl (C=O) groups is 2. The summed E-state index contributed by atoms with van der Waals surface area (Å²) in [5, 5.41) is 5.63. The fourth-order valence-corrected chi connectivity index (χ4v) is 2.82. The Morgan fingerprint density at radius 2 is 1.63 bits per heavy atom. The highest BCUT2D eigenvalue weighted by Crippen LogP contribution is 2.21. The Bertz CT molecular complexity index is 773. The van der Waals surface area contributed by atoms with Crippen LogP contribution in [0.25, 0.3) is 0 Å². The number of halogens is 1. The maximum absolute atomic E-state index is 12.5. The summed E-state index contributed by atoms with van der Waals surface area (Å²) >= 11 is 0. The van der Waals surface area contributed by atoms with Gasteiger partial charge in [0.1, 0.15) is 11.6 Å². The largest absolute Gasteiger partial charge is 0.368 e. The predicted octanol–water partition coefficient (Wildman–Crippen LogP) is 3.04. The molecule has 2 atom stereocenters. The lowest BCUT2D eigenvalue weighted by atomic mass is 9.92. The van der Waals surface area contributed by atoms with Gasteiger partial charge in [-0.1, -0.05) is 30.3 Å². The van der Waals surface area contributed by atoms with Gasteiger partial charge in [-0.3, -0.25) is 9.59 Å². The number of anilines is 2. The van der Waals surface area contributed by atoms with Crippen molar-refractivity contribution in [3.8, 4) is 0 Å². The molecule has 2 aromatic carbocycles. The van der Waals surface area contributed by atoms with Crippen molar-refractivity contribution in [2.24, 2.45) is 5.73 Å². The minimum atomic E-state index is -1.14. The summed E-state index contributed by atoms with van der Waals surface area (Å²) in [6, 6.07) is 16.1. The van der Waals surface area contributed by atoms with Crippen molar-refractivity contribution in [1.82, 2.24) is 0 Å². The number of amides is 2. The van der Waals surface area contributed by atoms with Crippen LogP contribution in [0.3, 0.4) is 0 Å². The number of ether oxygens (including phenoxy) is 1. The van der Waals surface area contributed by atoms with E-state index in [0.29, 0.717) is 18.0 Å². The molecule has 0 saturated carbocycles. The minimum absolute atomic E-state index is 0. The first-order valence-corrected chi connectivity index (χ1v) is 8.65. The van der Waals surface area contributed by atoms with Crippen LogP contribution < -0.4 is 16.4 Å². The first kappa shape index (κ1) is 20.9. The monoisotopic (exact) mass is 389 g/mol. The van der Waals surface area contributed by atoms with Gasteiger partial charge in [0.25, 0.3) is 5.91 Å². The molecule has 27 heavy (non-hydrogen) atoms. The molecule has 2 aromatic rings. The lowest BCUT2D eigenvalue weighted by molar-refractivity contribution is -0.124. The van der Waals surface area contributed by atoms with Crippen LogP contribution in [0.15, 0.2) is 54.6 Å². The van der Waals surface area contributed by atoms with Gasteiger partial charge >= 0.3 is 0 Å². The van der Waals surface area contributed by atoms with E-state index in [9.17, 15) is 9.59 Å². The second kappa shape index (κ2) is 8.99. The summed E-state index contributed by atoms with van der Waals surface area (Å²) < 4.78 is 5.36. The topological polar surface area (TPSA) is 93.5 Å². The fraction of sp³-hybridized carbons (Fsp3) is 0.300. The summed E-state index contributed by atoms with van der Waals surface area (Å²) in [7, 11) is 0. The lowest BCUT2D eigenvalue weighted by Crippen LogP contribution is -2.45. The normalized spacial score (nSPS) is 18.1. The molecule has 1 saturated heterocycles. The molecular formula is C20H24ClN3O3. The SMILES string of the molecule is CC(N)(C(=O)Nc1ccc(NC(=O)C2CCCO2)cc1)c1ccccc1.Cl. The maximum atomic E-state index is 12.5. The van der Waals surface area contributed by atoms with E-state index in [1.807, 2.05) is 30.3 Å². The Hall–Kier alpha value is -2.41. The quantitative estimate of drug-likeness (QED) is 0.732. The minimum Gasteiger partial charge on any atom is -0.368 e. The van der Waals surface area contributed by atoms with E-state index < -0.39 is 5.54 Å². The number of hydrogen-bond acceptors (Lipinski definition) is 4. The van der Waals surface area contributed by atoms with Crippen molar-refractivity contribution in [2.75, 3.05) is 17.2 Å². The molecule has 1 aliphatic rings. The van der Waals surface area contributed by atoms with E-state index in [0.717, 1.165) is 18.4 Å². The average molecular weight is 390 g/mol. The first-order valence-electron chi connectivity index (χ1n) is 8.65. The Morgan fingerprint density at radius 3 is 2.19 bits per heavy atom. The molecule has 0 aromatic heterocycles. The number of nitrogens with two attached hydrogens (primary N) is 1. The summed E-state index contributed by atoms with van der Waals surface area (Å²) in [5.74, 6) is -0.447. The summed E-state index contributed by atoms with van der Waals surface area (Å²) in [6.07, 6.45) is 1.27. The lowest BCUT2D eigenvalue weighted by Gasteiger charge is -2.24. The van der Waals surface area contributed by atoms with Crippen molar-refractivity contribution in [3.05, 3.63) is 60.2 Å². The molecule has 1 heterocycles. The van der Waals surface area contributed by atoms with Gasteiger partial charge in [0.2, 0.25) is 5.91 Å². The van der Waals surface area contributed by atoms with Crippen LogP contribution in [0, 0.1) is 0 Å². The first-order chi connectivity index (χ1) is 12.5. The fourth-order valence-electron chi connectivity index (χ4n) is 2.82. The standard InChI is InChI=1S/C20H23N3O3.ClH/c1-20(21,14-6-3-2-4-7-14)19(25)23-16-11-9-15(10-12-16)22-18(24)17-8-5-13-26-17;/h2-4,6-7,9-12,17H,5,8,13,21H2,1H3,(H,22,24)(H,23,25);1H. The van der Waals surface area contributed by atoms with Crippen LogP contribution in [-0.2, 0) is 19.9 Å². The Kier molecular flexibility index (Phi) is 6.96. The molecule has 0 bridgehead atoms. The van der Waals surface area contributed by atoms with Gasteiger partial charge in [-0.25, -0.2) is 0 Å². The molecule has 0 aliphatic carbocycles. The molecule has 2 amide bonds. The highest BCUT2D eigenvalue weighted by atomic mass is 35.5. The van der Waals surface area contributed by atoms with Crippen LogP contribution in [0.5, 0.6) is 0 Å². The Labute approximate surface area is 164 Å². The Balaban J connectivity index is 0.00000261. The average Bonchev–Trinajstić information content (AvgIpc) is 3.19. The molecule has 0 spiro atoms. The van der Waals surface area contributed by atoms with E-state index in [1.165, 1.54) is 0 Å². The number of rotatable bonds is 5. The predicted molar refractivity (Wildman–Crippen MR) is 108 cm³/mol. The molecule has 6 nitrogen and oxygen atoms in total. The highest BCUT2D eigenvalue weighted by Gasteiger charge is 2.30. The smallest absolute Gasteiger partial charge is 0.253 e. The third-order valence-electron chi connectivity index (χ3n) is 4.48. The van der Waals surface area contributed by atoms with Gasteiger partial charge in [-0.2, -0.15) is 0 Å². The number of nitrogens with one attached hydrogen (secondary N) is 2. The zero-order valence-electron chi connectivity index (χ0n) is 15.1. The molecule has 3 rings (SSSR count). The van der Waals surface area contributed by atoms with Crippen molar-refractivity contribution in [2.45, 2.75) is 31.4 Å². The van der Waals surface area contributed by atoms with Crippen LogP contribution in [-0.4, -0.2) is 24.5 Å². The summed E-state index contributed by atoms with van der Waals surface area (Å²) in [4.78, 5) is 24.6. The van der Waals surface area contributed by atoms with Crippen molar-refractivity contribution in [1.29, 1.82) is 0 Å². The van der Waals surface area contributed by atoms with Gasteiger partial charge in [-0.05, 0) is 49.6 Å². The van der Waals surface area contributed by atoms with Gasteiger partial charge < -0.3 is 21.1 Å². The molecule has 4 N–H and O–H groups in total. The number of benzene rings is 2. The van der Waals surface area contributed by atoms with Gasteiger partial charge in [0.05, 0.1) is 0 Å². The van der Waals surface area contributed by atoms with Crippen LogP contribution >= 0.6 is 12.4 Å². The maximum Gasteiger partial charge on any atom is 0.253 e. The van der Waals surface area contributed by atoms with Crippen LogP contribution in [0.4, 0.5) is 11.4 Å². The van der Waals surface area contributed by atoms with Crippen molar-refractivity contribution >= 4 is 35.6 Å². The van der Waals surface area contributed by atoms with Gasteiger partial charge in [0.15, 0.2) is 0 Å². The number of hydrogen-bond donors (Lipinski definition) is 3. The molecule has 2 unspecified atom stereocenters. The molecule has 7 heteroatoms. The molecule has 1 fully saturated rings. The van der Waals surface area contributed by atoms with Crippen LogP contribution in [0.2, 0.25) is 0 Å². The zero-order valence-corrected chi connectivity index (χ0v) is 15.9. The van der Waals surface area contributed by atoms with E-state index in [4.69, 9.17) is 10.5 Å². The molecule has 0 radical (unpaired) electrons. The second-order valence-electron chi connectivity index (χ2n) is 6.59. The molecule has 1 aliphatic heterocycles. The van der Waals surface area contributed by atoms with E-state index >= 15 is 0 Å². The third-order valence-corrected chi connectivity index (χ3v) is 4.48. The summed E-state index contributed by atoms with van der Waals surface area (Å²) in [6.45, 7) is 2.30.